The van der Waals surface area contributed by atoms with Crippen molar-refractivity contribution in [2.75, 3.05) is 17.2 Å². The Morgan fingerprint density at radius 2 is 1.79 bits per heavy atom. The van der Waals surface area contributed by atoms with Gasteiger partial charge < -0.3 is 36.8 Å². The van der Waals surface area contributed by atoms with E-state index in [0.29, 0.717) is 5.69 Å². The molecule has 3 atom stereocenters. The van der Waals surface area contributed by atoms with Crippen molar-refractivity contribution in [3.8, 4) is 5.75 Å². The van der Waals surface area contributed by atoms with Gasteiger partial charge in [-0.2, -0.15) is 0 Å². The van der Waals surface area contributed by atoms with Crippen LogP contribution < -0.4 is 16.4 Å². The summed E-state index contributed by atoms with van der Waals surface area (Å²) in [7, 11) is 0. The summed E-state index contributed by atoms with van der Waals surface area (Å²) in [5, 5.41) is 49.1. The number of benzene rings is 2. The van der Waals surface area contributed by atoms with Gasteiger partial charge in [0.15, 0.2) is 17.1 Å². The van der Waals surface area contributed by atoms with E-state index in [2.05, 4.69) is 10.6 Å². The van der Waals surface area contributed by atoms with Gasteiger partial charge in [0.1, 0.15) is 22.9 Å². The molecule has 2 aromatic carbocycles. The Balaban J connectivity index is 1.51. The maximum atomic E-state index is 15.2. The van der Waals surface area contributed by atoms with Crippen molar-refractivity contribution in [1.82, 2.24) is 0 Å². The average Bonchev–Trinajstić information content (AvgIpc) is 2.88. The number of carbonyl (C=O) groups excluding carboxylic acids is 4. The van der Waals surface area contributed by atoms with E-state index in [1.165, 1.54) is 0 Å². The van der Waals surface area contributed by atoms with Crippen molar-refractivity contribution >= 4 is 40.5 Å². The third kappa shape index (κ3) is 4.00. The lowest BCUT2D eigenvalue weighted by molar-refractivity contribution is -0.147. The van der Waals surface area contributed by atoms with Crippen LogP contribution in [0.1, 0.15) is 24.0 Å². The Bertz CT molecular complexity index is 1520. The molecular weight excluding hydrogens is 513 g/mol. The van der Waals surface area contributed by atoms with Gasteiger partial charge in [0.2, 0.25) is 11.7 Å². The van der Waals surface area contributed by atoms with Crippen molar-refractivity contribution in [1.29, 1.82) is 0 Å². The SMILES string of the molecule is NC(=O)C1=C(O)[C@@]2(O)C(=O)C3=C(O)c4c(O)c(NC(=O)CNc5ccccc5)cc(F)c4CC3C[C@H]2CC1=O. The van der Waals surface area contributed by atoms with Gasteiger partial charge in [0.05, 0.1) is 17.8 Å². The highest BCUT2D eigenvalue weighted by Crippen LogP contribution is 2.53. The largest absolute Gasteiger partial charge is 0.508 e. The minimum Gasteiger partial charge on any atom is -0.508 e. The zero-order valence-electron chi connectivity index (χ0n) is 20.3. The summed E-state index contributed by atoms with van der Waals surface area (Å²) < 4.78 is 15.2. The predicted molar refractivity (Wildman–Crippen MR) is 135 cm³/mol. The minimum atomic E-state index is -2.72. The van der Waals surface area contributed by atoms with Crippen LogP contribution >= 0.6 is 0 Å². The van der Waals surface area contributed by atoms with Gasteiger partial charge in [-0.15, -0.1) is 0 Å². The molecule has 0 bridgehead atoms. The van der Waals surface area contributed by atoms with Gasteiger partial charge in [0.25, 0.3) is 5.91 Å². The van der Waals surface area contributed by atoms with Crippen LogP contribution in [0.2, 0.25) is 0 Å². The molecule has 39 heavy (non-hydrogen) atoms. The number of phenols is 1. The third-order valence-corrected chi connectivity index (χ3v) is 7.51. The second kappa shape index (κ2) is 9.24. The van der Waals surface area contributed by atoms with Gasteiger partial charge in [0, 0.05) is 35.2 Å². The Kier molecular flexibility index (Phi) is 6.14. The standard InChI is InChI=1S/C27H24FN3O8/c28-15-9-16(31-18(33)10-30-13-4-2-1-3-5-13)22(34)20-14(15)7-11-6-12-8-17(32)21(26(29)38)25(37)27(12,39)24(36)19(11)23(20)35/h1-5,9,11-12,30,34-35,37,39H,6-8,10H2,(H2,29,38)(H,31,33)/t11?,12-,27-/m0/s1. The number of hydrogen-bond donors (Lipinski definition) is 7. The van der Waals surface area contributed by atoms with E-state index in [-0.39, 0.29) is 30.6 Å². The molecule has 1 fully saturated rings. The summed E-state index contributed by atoms with van der Waals surface area (Å²) in [6, 6.07) is 9.66. The number of para-hydroxylation sites is 1. The molecule has 3 aliphatic carbocycles. The number of amides is 2. The van der Waals surface area contributed by atoms with E-state index >= 15 is 4.39 Å². The number of anilines is 2. The number of nitrogens with two attached hydrogens (primary N) is 1. The van der Waals surface area contributed by atoms with Crippen LogP contribution in [0.4, 0.5) is 15.8 Å². The second-order valence-electron chi connectivity index (χ2n) is 9.78. The van der Waals surface area contributed by atoms with Crippen molar-refractivity contribution < 1.29 is 44.0 Å². The number of ketones is 2. The number of nitrogens with one attached hydrogen (secondary N) is 2. The van der Waals surface area contributed by atoms with Crippen LogP contribution in [0.15, 0.2) is 53.3 Å². The molecule has 0 aromatic heterocycles. The molecule has 12 heteroatoms. The number of rotatable bonds is 5. The lowest BCUT2D eigenvalue weighted by Crippen LogP contribution is -2.58. The smallest absolute Gasteiger partial charge is 0.255 e. The lowest BCUT2D eigenvalue weighted by atomic mass is 9.59. The zero-order chi connectivity index (χ0) is 28.2. The molecule has 11 nitrogen and oxygen atoms in total. The van der Waals surface area contributed by atoms with Crippen molar-refractivity contribution in [2.45, 2.75) is 24.9 Å². The van der Waals surface area contributed by atoms with E-state index in [4.69, 9.17) is 5.73 Å². The van der Waals surface area contributed by atoms with Crippen LogP contribution in [0.25, 0.3) is 5.76 Å². The molecule has 0 heterocycles. The van der Waals surface area contributed by atoms with E-state index < -0.39 is 87.0 Å². The van der Waals surface area contributed by atoms with E-state index in [1.807, 2.05) is 0 Å². The van der Waals surface area contributed by atoms with Gasteiger partial charge in [-0.3, -0.25) is 19.2 Å². The quantitative estimate of drug-likeness (QED) is 0.219. The number of primary amides is 1. The number of halogens is 1. The monoisotopic (exact) mass is 537 g/mol. The van der Waals surface area contributed by atoms with E-state index in [9.17, 15) is 39.6 Å². The highest BCUT2D eigenvalue weighted by Gasteiger charge is 2.60. The molecule has 3 aliphatic rings. The van der Waals surface area contributed by atoms with Crippen molar-refractivity contribution in [2.24, 2.45) is 17.6 Å². The molecule has 0 aliphatic heterocycles. The Morgan fingerprint density at radius 3 is 2.46 bits per heavy atom. The Labute approximate surface area is 220 Å². The van der Waals surface area contributed by atoms with Crippen LogP contribution in [0, 0.1) is 17.7 Å². The summed E-state index contributed by atoms with van der Waals surface area (Å²) in [6.45, 7) is -0.225. The minimum absolute atomic E-state index is 0.118. The molecule has 2 aromatic rings. The number of aliphatic hydroxyl groups excluding tert-OH is 2. The van der Waals surface area contributed by atoms with Crippen LogP contribution in [0.3, 0.4) is 0 Å². The second-order valence-corrected chi connectivity index (χ2v) is 9.78. The van der Waals surface area contributed by atoms with E-state index in [0.717, 1.165) is 6.07 Å². The Hall–Kier alpha value is -4.71. The number of carbonyl (C=O) groups is 4. The first-order valence-corrected chi connectivity index (χ1v) is 12.1. The van der Waals surface area contributed by atoms with Crippen molar-refractivity contribution in [3.63, 3.8) is 0 Å². The number of phenolic OH excluding ortho intramolecular Hbond substituents is 1. The first-order valence-electron chi connectivity index (χ1n) is 12.1. The number of fused-ring (bicyclic) bond motifs is 3. The first-order chi connectivity index (χ1) is 18.4. The summed E-state index contributed by atoms with van der Waals surface area (Å²) >= 11 is 0. The zero-order valence-corrected chi connectivity index (χ0v) is 20.3. The first kappa shape index (κ1) is 25.9. The molecule has 8 N–H and O–H groups in total. The fraction of sp³-hybridized carbons (Fsp3) is 0.259. The highest BCUT2D eigenvalue weighted by atomic mass is 19.1. The average molecular weight is 538 g/mol. The van der Waals surface area contributed by atoms with Gasteiger partial charge in [-0.25, -0.2) is 4.39 Å². The lowest BCUT2D eigenvalue weighted by Gasteiger charge is -2.46. The molecule has 5 rings (SSSR count). The molecule has 2 amide bonds. The summed E-state index contributed by atoms with van der Waals surface area (Å²) in [4.78, 5) is 50.1. The van der Waals surface area contributed by atoms with E-state index in [1.54, 1.807) is 30.3 Å². The van der Waals surface area contributed by atoms with Gasteiger partial charge in [-0.1, -0.05) is 18.2 Å². The number of aromatic hydroxyl groups is 1. The third-order valence-electron chi connectivity index (χ3n) is 7.51. The molecule has 0 radical (unpaired) electrons. The van der Waals surface area contributed by atoms with Crippen LogP contribution in [-0.2, 0) is 25.6 Å². The summed E-state index contributed by atoms with van der Waals surface area (Å²) in [5.74, 6) is -9.65. The summed E-state index contributed by atoms with van der Waals surface area (Å²) in [5.41, 5.74) is 0.843. The molecule has 1 saturated carbocycles. The van der Waals surface area contributed by atoms with Crippen molar-refractivity contribution in [3.05, 3.63) is 70.2 Å². The maximum absolute atomic E-state index is 15.2. The number of Topliss-reactive ketones (excluding diaryl/α,β-unsaturated/α-hetero) is 2. The highest BCUT2D eigenvalue weighted by molar-refractivity contribution is 6.22. The molecule has 1 unspecified atom stereocenters. The Morgan fingerprint density at radius 1 is 1.10 bits per heavy atom. The molecule has 202 valence electrons. The molecule has 0 saturated heterocycles. The fourth-order valence-corrected chi connectivity index (χ4v) is 5.67. The topological polar surface area (TPSA) is 199 Å². The summed E-state index contributed by atoms with van der Waals surface area (Å²) in [6.07, 6.45) is -0.776. The normalized spacial score (nSPS) is 24.1. The number of aliphatic hydroxyl groups is 3. The van der Waals surface area contributed by atoms with Crippen LogP contribution in [-0.4, -0.2) is 56.0 Å². The van der Waals surface area contributed by atoms with Crippen LogP contribution in [0.5, 0.6) is 5.75 Å². The molecular formula is C27H24FN3O8. The maximum Gasteiger partial charge on any atom is 0.255 e. The predicted octanol–water partition coefficient (Wildman–Crippen LogP) is 1.61. The number of hydrogen-bond acceptors (Lipinski definition) is 9. The van der Waals surface area contributed by atoms with Gasteiger partial charge >= 0.3 is 0 Å². The fourth-order valence-electron chi connectivity index (χ4n) is 5.67. The molecule has 0 spiro atoms. The van der Waals surface area contributed by atoms with Gasteiger partial charge in [-0.05, 0) is 30.9 Å².